The molecule has 1 saturated heterocycles. The van der Waals surface area contributed by atoms with E-state index in [1.165, 1.54) is 0 Å². The highest BCUT2D eigenvalue weighted by Crippen LogP contribution is 2.34. The van der Waals surface area contributed by atoms with Crippen molar-refractivity contribution in [3.8, 4) is 11.5 Å². The zero-order chi connectivity index (χ0) is 18.8. The highest BCUT2D eigenvalue weighted by molar-refractivity contribution is 6.03. The third kappa shape index (κ3) is 3.62. The number of rotatable bonds is 3. The van der Waals surface area contributed by atoms with Gasteiger partial charge in [-0.3, -0.25) is 9.59 Å². The van der Waals surface area contributed by atoms with E-state index in [0.717, 1.165) is 0 Å². The van der Waals surface area contributed by atoms with Crippen molar-refractivity contribution in [3.05, 3.63) is 36.0 Å². The van der Waals surface area contributed by atoms with Crippen LogP contribution in [0.15, 0.2) is 30.3 Å². The summed E-state index contributed by atoms with van der Waals surface area (Å²) in [7, 11) is 0. The molecule has 4 rings (SSSR count). The van der Waals surface area contributed by atoms with E-state index in [9.17, 15) is 9.59 Å². The summed E-state index contributed by atoms with van der Waals surface area (Å²) in [5, 5.41) is 11.0. The zero-order valence-corrected chi connectivity index (χ0v) is 14.8. The van der Waals surface area contributed by atoms with Gasteiger partial charge in [0.2, 0.25) is 12.7 Å². The Morgan fingerprint density at radius 2 is 1.78 bits per heavy atom. The maximum Gasteiger partial charge on any atom is 0.276 e. The highest BCUT2D eigenvalue weighted by atomic mass is 16.7. The van der Waals surface area contributed by atoms with Gasteiger partial charge in [-0.2, -0.15) is 0 Å². The Labute approximate surface area is 155 Å². The second-order valence-electron chi connectivity index (χ2n) is 6.29. The smallest absolute Gasteiger partial charge is 0.276 e. The number of nitrogens with zero attached hydrogens (tertiary/aromatic N) is 4. The van der Waals surface area contributed by atoms with Crippen LogP contribution < -0.4 is 19.7 Å². The minimum Gasteiger partial charge on any atom is -0.454 e. The van der Waals surface area contributed by atoms with E-state index in [0.29, 0.717) is 49.2 Å². The Balaban J connectivity index is 1.38. The van der Waals surface area contributed by atoms with Crippen molar-refractivity contribution in [2.45, 2.75) is 6.92 Å². The molecule has 1 aromatic carbocycles. The monoisotopic (exact) mass is 369 g/mol. The van der Waals surface area contributed by atoms with Gasteiger partial charge in [-0.25, -0.2) is 0 Å². The maximum atomic E-state index is 12.4. The van der Waals surface area contributed by atoms with Crippen LogP contribution in [0.25, 0.3) is 0 Å². The lowest BCUT2D eigenvalue weighted by Crippen LogP contribution is -2.48. The van der Waals surface area contributed by atoms with Crippen molar-refractivity contribution in [1.82, 2.24) is 15.1 Å². The fourth-order valence-corrected chi connectivity index (χ4v) is 3.03. The van der Waals surface area contributed by atoms with E-state index < -0.39 is 0 Å². The van der Waals surface area contributed by atoms with Crippen LogP contribution in [0.2, 0.25) is 0 Å². The van der Waals surface area contributed by atoms with Gasteiger partial charge in [0.25, 0.3) is 5.91 Å². The van der Waals surface area contributed by atoms with Gasteiger partial charge in [0.1, 0.15) is 0 Å². The number of amides is 2. The standard InChI is InChI=1S/C18H19N5O4/c1-12(24)22-6-8-23(9-7-22)17-5-3-14(20-21-17)18(25)19-13-2-4-15-16(10-13)27-11-26-15/h2-5,10H,6-9,11H2,1H3,(H,19,25). The lowest BCUT2D eigenvalue weighted by atomic mass is 10.2. The Morgan fingerprint density at radius 1 is 1.00 bits per heavy atom. The average Bonchev–Trinajstić information content (AvgIpc) is 3.16. The van der Waals surface area contributed by atoms with Crippen LogP contribution in [0.4, 0.5) is 11.5 Å². The fraction of sp³-hybridized carbons (Fsp3) is 0.333. The maximum absolute atomic E-state index is 12.4. The molecular weight excluding hydrogens is 350 g/mol. The van der Waals surface area contributed by atoms with Gasteiger partial charge in [-0.15, -0.1) is 10.2 Å². The minimum absolute atomic E-state index is 0.0799. The second kappa shape index (κ2) is 7.10. The van der Waals surface area contributed by atoms with Crippen LogP contribution in [-0.2, 0) is 4.79 Å². The molecule has 0 aliphatic carbocycles. The number of aromatic nitrogens is 2. The highest BCUT2D eigenvalue weighted by Gasteiger charge is 2.20. The van der Waals surface area contributed by atoms with Crippen molar-refractivity contribution < 1.29 is 19.1 Å². The topological polar surface area (TPSA) is 96.9 Å². The zero-order valence-electron chi connectivity index (χ0n) is 14.8. The van der Waals surface area contributed by atoms with Crippen LogP contribution in [-0.4, -0.2) is 59.9 Å². The number of nitrogens with one attached hydrogen (secondary N) is 1. The van der Waals surface area contributed by atoms with Gasteiger partial charge in [0.15, 0.2) is 23.0 Å². The fourth-order valence-electron chi connectivity index (χ4n) is 3.03. The lowest BCUT2D eigenvalue weighted by Gasteiger charge is -2.34. The number of carbonyl (C=O) groups excluding carboxylic acids is 2. The Hall–Kier alpha value is -3.36. The summed E-state index contributed by atoms with van der Waals surface area (Å²) in [5.41, 5.74) is 0.814. The van der Waals surface area contributed by atoms with Crippen LogP contribution in [0, 0.1) is 0 Å². The first kappa shape index (κ1) is 17.1. The molecule has 1 N–H and O–H groups in total. The first-order valence-corrected chi connectivity index (χ1v) is 8.65. The van der Waals surface area contributed by atoms with E-state index in [2.05, 4.69) is 15.5 Å². The first-order chi connectivity index (χ1) is 13.1. The molecule has 0 spiro atoms. The molecule has 1 fully saturated rings. The summed E-state index contributed by atoms with van der Waals surface area (Å²) in [6, 6.07) is 8.60. The summed E-state index contributed by atoms with van der Waals surface area (Å²) in [4.78, 5) is 27.6. The number of ether oxygens (including phenoxy) is 2. The van der Waals surface area contributed by atoms with Crippen LogP contribution >= 0.6 is 0 Å². The minimum atomic E-state index is -0.352. The summed E-state index contributed by atoms with van der Waals surface area (Å²) in [6.07, 6.45) is 0. The summed E-state index contributed by atoms with van der Waals surface area (Å²) >= 11 is 0. The van der Waals surface area contributed by atoms with Crippen molar-refractivity contribution >= 4 is 23.3 Å². The molecule has 140 valence electrons. The summed E-state index contributed by atoms with van der Waals surface area (Å²) in [6.45, 7) is 4.45. The third-order valence-electron chi connectivity index (χ3n) is 4.56. The summed E-state index contributed by atoms with van der Waals surface area (Å²) < 4.78 is 10.5. The molecule has 9 heteroatoms. The predicted octanol–water partition coefficient (Wildman–Crippen LogP) is 1.13. The number of hydrogen-bond donors (Lipinski definition) is 1. The molecule has 0 saturated carbocycles. The Morgan fingerprint density at radius 3 is 2.48 bits per heavy atom. The summed E-state index contributed by atoms with van der Waals surface area (Å²) in [5.74, 6) is 1.67. The predicted molar refractivity (Wildman–Crippen MR) is 97.0 cm³/mol. The van der Waals surface area contributed by atoms with Crippen molar-refractivity contribution in [2.75, 3.05) is 43.2 Å². The molecule has 3 heterocycles. The number of hydrogen-bond acceptors (Lipinski definition) is 7. The van der Waals surface area contributed by atoms with E-state index in [4.69, 9.17) is 9.47 Å². The quantitative estimate of drug-likeness (QED) is 0.866. The molecule has 0 bridgehead atoms. The van der Waals surface area contributed by atoms with Gasteiger partial charge in [-0.1, -0.05) is 0 Å². The van der Waals surface area contributed by atoms with Gasteiger partial charge in [0.05, 0.1) is 0 Å². The largest absolute Gasteiger partial charge is 0.454 e. The number of fused-ring (bicyclic) bond motifs is 1. The van der Waals surface area contributed by atoms with E-state index in [1.807, 2.05) is 4.90 Å². The van der Waals surface area contributed by atoms with Gasteiger partial charge in [-0.05, 0) is 24.3 Å². The van der Waals surface area contributed by atoms with Gasteiger partial charge < -0.3 is 24.6 Å². The Bertz CT molecular complexity index is 863. The van der Waals surface area contributed by atoms with E-state index in [-0.39, 0.29) is 24.3 Å². The SMILES string of the molecule is CC(=O)N1CCN(c2ccc(C(=O)Nc3ccc4c(c3)OCO4)nn2)CC1. The van der Waals surface area contributed by atoms with Crippen LogP contribution in [0.5, 0.6) is 11.5 Å². The average molecular weight is 369 g/mol. The molecule has 2 aliphatic heterocycles. The first-order valence-electron chi connectivity index (χ1n) is 8.65. The number of piperazine rings is 1. The second-order valence-corrected chi connectivity index (χ2v) is 6.29. The van der Waals surface area contributed by atoms with Gasteiger partial charge >= 0.3 is 0 Å². The molecule has 2 amide bonds. The van der Waals surface area contributed by atoms with Crippen LogP contribution in [0.3, 0.4) is 0 Å². The third-order valence-corrected chi connectivity index (χ3v) is 4.56. The van der Waals surface area contributed by atoms with Crippen LogP contribution in [0.1, 0.15) is 17.4 Å². The van der Waals surface area contributed by atoms with Crippen molar-refractivity contribution in [1.29, 1.82) is 0 Å². The molecule has 1 aromatic heterocycles. The van der Waals surface area contributed by atoms with E-state index >= 15 is 0 Å². The molecule has 0 unspecified atom stereocenters. The Kier molecular flexibility index (Phi) is 4.49. The molecule has 0 atom stereocenters. The normalized spacial score (nSPS) is 15.6. The molecule has 0 radical (unpaired) electrons. The molecular formula is C18H19N5O4. The molecule has 2 aromatic rings. The molecule has 9 nitrogen and oxygen atoms in total. The van der Waals surface area contributed by atoms with Crippen molar-refractivity contribution in [3.63, 3.8) is 0 Å². The molecule has 2 aliphatic rings. The molecule has 27 heavy (non-hydrogen) atoms. The lowest BCUT2D eigenvalue weighted by molar-refractivity contribution is -0.129. The number of benzene rings is 1. The van der Waals surface area contributed by atoms with Gasteiger partial charge in [0, 0.05) is 44.9 Å². The van der Waals surface area contributed by atoms with Crippen molar-refractivity contribution in [2.24, 2.45) is 0 Å². The van der Waals surface area contributed by atoms with E-state index in [1.54, 1.807) is 42.2 Å². The number of carbonyl (C=O) groups is 2. The number of anilines is 2.